The molecule has 0 aliphatic heterocycles. The third kappa shape index (κ3) is 5.17. The van der Waals surface area contributed by atoms with Crippen molar-refractivity contribution in [3.8, 4) is 0 Å². The molecule has 114 valence electrons. The van der Waals surface area contributed by atoms with Crippen LogP contribution >= 0.6 is 0 Å². The third-order valence-electron chi connectivity index (χ3n) is 3.53. The topological polar surface area (TPSA) is 32.3 Å². The number of nitrogens with one attached hydrogen (secondary N) is 1. The van der Waals surface area contributed by atoms with Crippen molar-refractivity contribution in [2.75, 3.05) is 6.54 Å². The quantitative estimate of drug-likeness (QED) is 0.673. The summed E-state index contributed by atoms with van der Waals surface area (Å²) in [6, 6.07) is 2.93. The largest absolute Gasteiger partial charge is 0.387 e. The van der Waals surface area contributed by atoms with Crippen LogP contribution in [0.15, 0.2) is 18.2 Å². The van der Waals surface area contributed by atoms with Crippen LogP contribution < -0.4 is 5.32 Å². The van der Waals surface area contributed by atoms with Crippen molar-refractivity contribution in [1.29, 1.82) is 0 Å². The number of aliphatic hydroxyl groups is 1. The molecule has 0 aromatic heterocycles. The maximum atomic E-state index is 13.7. The molecule has 2 unspecified atom stereocenters. The second kappa shape index (κ2) is 9.03. The van der Waals surface area contributed by atoms with Gasteiger partial charge in [0.1, 0.15) is 11.6 Å². The molecule has 2 N–H and O–H groups in total. The monoisotopic (exact) mass is 285 g/mol. The zero-order valence-electron chi connectivity index (χ0n) is 12.3. The summed E-state index contributed by atoms with van der Waals surface area (Å²) in [6.45, 7) is 4.86. The van der Waals surface area contributed by atoms with Crippen molar-refractivity contribution >= 4 is 0 Å². The van der Waals surface area contributed by atoms with E-state index in [-0.39, 0.29) is 11.6 Å². The molecule has 4 heteroatoms. The van der Waals surface area contributed by atoms with E-state index >= 15 is 0 Å². The first-order chi connectivity index (χ1) is 9.60. The number of benzene rings is 1. The van der Waals surface area contributed by atoms with Gasteiger partial charge in [-0.3, -0.25) is 0 Å². The molecule has 0 amide bonds. The number of hydrogen-bond donors (Lipinski definition) is 2. The van der Waals surface area contributed by atoms with E-state index in [1.54, 1.807) is 0 Å². The Labute approximate surface area is 120 Å². The highest BCUT2D eigenvalue weighted by atomic mass is 19.1. The van der Waals surface area contributed by atoms with Gasteiger partial charge in [-0.2, -0.15) is 0 Å². The molecule has 0 aliphatic carbocycles. The van der Waals surface area contributed by atoms with E-state index in [2.05, 4.69) is 12.2 Å². The van der Waals surface area contributed by atoms with Crippen LogP contribution in [0.5, 0.6) is 0 Å². The fourth-order valence-corrected chi connectivity index (χ4v) is 2.28. The lowest BCUT2D eigenvalue weighted by molar-refractivity contribution is 0.121. The average molecular weight is 285 g/mol. The molecular weight excluding hydrogens is 260 g/mol. The van der Waals surface area contributed by atoms with E-state index in [1.165, 1.54) is 12.8 Å². The summed E-state index contributed by atoms with van der Waals surface area (Å²) in [5, 5.41) is 13.5. The summed E-state index contributed by atoms with van der Waals surface area (Å²) >= 11 is 0. The van der Waals surface area contributed by atoms with Crippen LogP contribution in [-0.4, -0.2) is 17.7 Å². The van der Waals surface area contributed by atoms with Gasteiger partial charge in [0, 0.05) is 11.6 Å². The molecule has 0 heterocycles. The number of rotatable bonds is 9. The first kappa shape index (κ1) is 17.1. The first-order valence-electron chi connectivity index (χ1n) is 7.46. The van der Waals surface area contributed by atoms with Crippen molar-refractivity contribution in [2.24, 2.45) is 0 Å². The maximum absolute atomic E-state index is 13.7. The molecule has 2 atom stereocenters. The molecule has 0 radical (unpaired) electrons. The molecule has 0 fully saturated rings. The predicted octanol–water partition coefficient (Wildman–Crippen LogP) is 3.95. The Hall–Kier alpha value is -1.00. The Morgan fingerprint density at radius 1 is 1.15 bits per heavy atom. The van der Waals surface area contributed by atoms with Crippen LogP contribution in [0.3, 0.4) is 0 Å². The van der Waals surface area contributed by atoms with Crippen LogP contribution in [0.25, 0.3) is 0 Å². The molecule has 0 spiro atoms. The fraction of sp³-hybridized carbons (Fsp3) is 0.625. The van der Waals surface area contributed by atoms with Crippen LogP contribution in [0.1, 0.15) is 57.6 Å². The Morgan fingerprint density at radius 2 is 1.90 bits per heavy atom. The van der Waals surface area contributed by atoms with Gasteiger partial charge in [0.15, 0.2) is 0 Å². The molecule has 1 aromatic rings. The van der Waals surface area contributed by atoms with Crippen molar-refractivity contribution < 1.29 is 13.9 Å². The number of aliphatic hydroxyl groups excluding tert-OH is 1. The molecule has 0 bridgehead atoms. The van der Waals surface area contributed by atoms with Gasteiger partial charge < -0.3 is 10.4 Å². The van der Waals surface area contributed by atoms with Gasteiger partial charge in [0.2, 0.25) is 0 Å². The van der Waals surface area contributed by atoms with Gasteiger partial charge in [-0.05, 0) is 37.6 Å². The molecule has 0 saturated heterocycles. The molecular formula is C16H25F2NO. The molecule has 2 nitrogen and oxygen atoms in total. The van der Waals surface area contributed by atoms with Gasteiger partial charge in [0.25, 0.3) is 0 Å². The summed E-state index contributed by atoms with van der Waals surface area (Å²) in [5.41, 5.74) is 0.0258. The van der Waals surface area contributed by atoms with Gasteiger partial charge in [-0.15, -0.1) is 0 Å². The minimum absolute atomic E-state index is 0.0258. The molecule has 1 aromatic carbocycles. The van der Waals surface area contributed by atoms with Crippen LogP contribution in [0.2, 0.25) is 0 Å². The second-order valence-electron chi connectivity index (χ2n) is 5.14. The Bertz CT molecular complexity index is 398. The van der Waals surface area contributed by atoms with E-state index < -0.39 is 17.7 Å². The highest BCUT2D eigenvalue weighted by Gasteiger charge is 2.22. The summed E-state index contributed by atoms with van der Waals surface area (Å²) in [4.78, 5) is 0. The van der Waals surface area contributed by atoms with Crippen molar-refractivity contribution in [3.63, 3.8) is 0 Å². The van der Waals surface area contributed by atoms with Gasteiger partial charge in [-0.25, -0.2) is 8.78 Å². The maximum Gasteiger partial charge on any atom is 0.129 e. The number of hydrogen-bond acceptors (Lipinski definition) is 2. The van der Waals surface area contributed by atoms with E-state index in [0.29, 0.717) is 6.42 Å². The highest BCUT2D eigenvalue weighted by molar-refractivity contribution is 5.22. The predicted molar refractivity (Wildman–Crippen MR) is 77.5 cm³/mol. The second-order valence-corrected chi connectivity index (χ2v) is 5.14. The molecule has 0 aliphatic rings. The molecule has 1 rings (SSSR count). The van der Waals surface area contributed by atoms with Gasteiger partial charge >= 0.3 is 0 Å². The number of unbranched alkanes of at least 4 members (excludes halogenated alkanes) is 3. The van der Waals surface area contributed by atoms with Crippen LogP contribution in [0, 0.1) is 11.6 Å². The Balaban J connectivity index is 2.57. The van der Waals surface area contributed by atoms with Crippen molar-refractivity contribution in [1.82, 2.24) is 5.32 Å². The smallest absolute Gasteiger partial charge is 0.129 e. The summed E-state index contributed by atoms with van der Waals surface area (Å²) < 4.78 is 26.8. The van der Waals surface area contributed by atoms with Gasteiger partial charge in [-0.1, -0.05) is 33.1 Å². The lowest BCUT2D eigenvalue weighted by atomic mass is 9.99. The summed E-state index contributed by atoms with van der Waals surface area (Å²) in [7, 11) is 0. The van der Waals surface area contributed by atoms with Crippen molar-refractivity contribution in [3.05, 3.63) is 35.4 Å². The SMILES string of the molecule is CCCCCCNC(CC)C(O)c1cc(F)ccc1F. The molecule has 0 saturated carbocycles. The Kier molecular flexibility index (Phi) is 7.70. The highest BCUT2D eigenvalue weighted by Crippen LogP contribution is 2.23. The van der Waals surface area contributed by atoms with Crippen LogP contribution in [-0.2, 0) is 0 Å². The van der Waals surface area contributed by atoms with E-state index in [1.807, 2.05) is 6.92 Å². The Morgan fingerprint density at radius 3 is 2.55 bits per heavy atom. The lowest BCUT2D eigenvalue weighted by Gasteiger charge is -2.23. The number of halogens is 2. The average Bonchev–Trinajstić information content (AvgIpc) is 2.45. The summed E-state index contributed by atoms with van der Waals surface area (Å²) in [5.74, 6) is -1.09. The normalized spacial score (nSPS) is 14.2. The molecule has 20 heavy (non-hydrogen) atoms. The van der Waals surface area contributed by atoms with Crippen molar-refractivity contribution in [2.45, 2.75) is 58.1 Å². The minimum atomic E-state index is -1.03. The lowest BCUT2D eigenvalue weighted by Crippen LogP contribution is -2.35. The summed E-state index contributed by atoms with van der Waals surface area (Å²) in [6.07, 6.45) is 4.17. The van der Waals surface area contributed by atoms with E-state index in [4.69, 9.17) is 0 Å². The zero-order chi connectivity index (χ0) is 15.0. The zero-order valence-corrected chi connectivity index (χ0v) is 12.3. The fourth-order valence-electron chi connectivity index (χ4n) is 2.28. The first-order valence-corrected chi connectivity index (χ1v) is 7.46. The van der Waals surface area contributed by atoms with Crippen LogP contribution in [0.4, 0.5) is 8.78 Å². The van der Waals surface area contributed by atoms with E-state index in [0.717, 1.165) is 37.6 Å². The standard InChI is InChI=1S/C16H25F2NO/c1-3-5-6-7-10-19-15(4-2)16(20)13-11-12(17)8-9-14(13)18/h8-9,11,15-16,19-20H,3-7,10H2,1-2H3. The van der Waals surface area contributed by atoms with Gasteiger partial charge in [0.05, 0.1) is 6.10 Å². The third-order valence-corrected chi connectivity index (χ3v) is 3.53. The minimum Gasteiger partial charge on any atom is -0.387 e. The van der Waals surface area contributed by atoms with E-state index in [9.17, 15) is 13.9 Å².